The van der Waals surface area contributed by atoms with E-state index in [9.17, 15) is 15.2 Å². The zero-order chi connectivity index (χ0) is 19.8. The summed E-state index contributed by atoms with van der Waals surface area (Å²) in [5.41, 5.74) is 0.353. The fourth-order valence-corrected chi connectivity index (χ4v) is 4.55. The van der Waals surface area contributed by atoms with Crippen LogP contribution in [0.15, 0.2) is 22.7 Å². The van der Waals surface area contributed by atoms with Gasteiger partial charge < -0.3 is 20.1 Å². The summed E-state index contributed by atoms with van der Waals surface area (Å²) in [6.45, 7) is 0.162. The molecule has 28 heavy (non-hydrogen) atoms. The van der Waals surface area contributed by atoms with Crippen LogP contribution in [0.25, 0.3) is 11.0 Å². The highest BCUT2D eigenvalue weighted by molar-refractivity contribution is 9.10. The summed E-state index contributed by atoms with van der Waals surface area (Å²) in [5, 5.41) is 30.9. The van der Waals surface area contributed by atoms with Crippen molar-refractivity contribution in [2.45, 2.75) is 50.3 Å². The van der Waals surface area contributed by atoms with Crippen LogP contribution >= 0.6 is 15.9 Å². The highest BCUT2D eigenvalue weighted by Gasteiger charge is 2.39. The van der Waals surface area contributed by atoms with Crippen LogP contribution in [-0.4, -0.2) is 47.7 Å². The van der Waals surface area contributed by atoms with Crippen LogP contribution in [0.3, 0.4) is 0 Å². The SMILES string of the molecule is CN1C2CCC1CC(OC(=O)CCNc1n[n+]([O-])c3cc(Br)ccc3[n+]1[O-])C2. The van der Waals surface area contributed by atoms with Crippen molar-refractivity contribution in [3.63, 3.8) is 0 Å². The van der Waals surface area contributed by atoms with Crippen molar-refractivity contribution in [3.05, 3.63) is 33.1 Å². The largest absolute Gasteiger partial charge is 0.739 e. The van der Waals surface area contributed by atoms with E-state index in [1.807, 2.05) is 0 Å². The Balaban J connectivity index is 1.33. The van der Waals surface area contributed by atoms with Crippen molar-refractivity contribution in [2.75, 3.05) is 18.9 Å². The maximum Gasteiger partial charge on any atom is 0.460 e. The molecule has 0 amide bonds. The van der Waals surface area contributed by atoms with Gasteiger partial charge in [-0.2, -0.15) is 0 Å². The first-order valence-electron chi connectivity index (χ1n) is 9.40. The van der Waals surface area contributed by atoms with E-state index in [2.05, 4.69) is 38.3 Å². The highest BCUT2D eigenvalue weighted by atomic mass is 79.9. The number of carbonyl (C=O) groups is 1. The monoisotopic (exact) mass is 451 g/mol. The molecule has 0 aliphatic carbocycles. The second-order valence-corrected chi connectivity index (χ2v) is 8.35. The van der Waals surface area contributed by atoms with E-state index in [4.69, 9.17) is 4.74 Å². The number of carbonyl (C=O) groups excluding carboxylic acids is 1. The van der Waals surface area contributed by atoms with Gasteiger partial charge in [0.05, 0.1) is 13.0 Å². The summed E-state index contributed by atoms with van der Waals surface area (Å²) in [7, 11) is 2.14. The zero-order valence-corrected chi connectivity index (χ0v) is 17.1. The summed E-state index contributed by atoms with van der Waals surface area (Å²) in [4.78, 5) is 14.9. The van der Waals surface area contributed by atoms with Crippen LogP contribution < -0.4 is 14.9 Å². The molecule has 1 N–H and O–H groups in total. The molecule has 9 nitrogen and oxygen atoms in total. The molecule has 2 unspecified atom stereocenters. The van der Waals surface area contributed by atoms with Gasteiger partial charge in [0.25, 0.3) is 0 Å². The average molecular weight is 452 g/mol. The number of nitrogens with one attached hydrogen (secondary N) is 1. The molecule has 2 atom stereocenters. The first-order valence-corrected chi connectivity index (χ1v) is 10.2. The number of benzene rings is 1. The Morgan fingerprint density at radius 3 is 2.75 bits per heavy atom. The minimum atomic E-state index is -0.307. The number of hydrogen-bond donors (Lipinski definition) is 1. The van der Waals surface area contributed by atoms with Crippen molar-refractivity contribution < 1.29 is 19.1 Å². The number of hydrogen-bond acceptors (Lipinski definition) is 7. The predicted octanol–water partition coefficient (Wildman–Crippen LogP) is 1.23. The number of aromatic nitrogens is 3. The third-order valence-electron chi connectivity index (χ3n) is 5.71. The van der Waals surface area contributed by atoms with Crippen molar-refractivity contribution >= 4 is 38.9 Å². The van der Waals surface area contributed by atoms with E-state index in [1.54, 1.807) is 6.07 Å². The lowest BCUT2D eigenvalue weighted by atomic mass is 10.0. The molecule has 0 spiro atoms. The Labute approximate surface area is 170 Å². The normalized spacial score (nSPS) is 24.4. The Kier molecular flexibility index (Phi) is 5.24. The summed E-state index contributed by atoms with van der Waals surface area (Å²) in [6, 6.07) is 5.75. The van der Waals surface area contributed by atoms with Gasteiger partial charge in [0.2, 0.25) is 5.10 Å². The van der Waals surface area contributed by atoms with Gasteiger partial charge in [0.15, 0.2) is 5.52 Å². The van der Waals surface area contributed by atoms with Crippen molar-refractivity contribution in [1.82, 2.24) is 10.00 Å². The number of halogens is 1. The Hall–Kier alpha value is -2.20. The van der Waals surface area contributed by atoms with E-state index in [1.165, 1.54) is 25.0 Å². The summed E-state index contributed by atoms with van der Waals surface area (Å²) >= 11 is 3.26. The average Bonchev–Trinajstić information content (AvgIpc) is 2.87. The van der Waals surface area contributed by atoms with Gasteiger partial charge in [0.1, 0.15) is 6.10 Å². The smallest absolute Gasteiger partial charge is 0.460 e. The second-order valence-electron chi connectivity index (χ2n) is 7.43. The van der Waals surface area contributed by atoms with Gasteiger partial charge in [-0.3, -0.25) is 10.1 Å². The Bertz CT molecular complexity index is 897. The number of ether oxygens (including phenoxy) is 1. The van der Waals surface area contributed by atoms with Crippen LogP contribution in [-0.2, 0) is 9.53 Å². The quantitative estimate of drug-likeness (QED) is 0.413. The lowest BCUT2D eigenvalue weighted by Gasteiger charge is -2.35. The number of rotatable bonds is 5. The molecule has 4 rings (SSSR count). The van der Waals surface area contributed by atoms with Crippen LogP contribution in [0.5, 0.6) is 0 Å². The molecule has 2 aliphatic rings. The molecule has 150 valence electrons. The maximum atomic E-state index is 12.4. The van der Waals surface area contributed by atoms with Gasteiger partial charge in [-0.05, 0) is 44.9 Å². The van der Waals surface area contributed by atoms with E-state index in [0.29, 0.717) is 26.1 Å². The molecule has 3 heterocycles. The minimum Gasteiger partial charge on any atom is -0.739 e. The van der Waals surface area contributed by atoms with E-state index < -0.39 is 0 Å². The van der Waals surface area contributed by atoms with Gasteiger partial charge in [-0.25, -0.2) is 4.73 Å². The number of piperidine rings is 1. The predicted molar refractivity (Wildman–Crippen MR) is 104 cm³/mol. The molecule has 2 aromatic rings. The van der Waals surface area contributed by atoms with Crippen molar-refractivity contribution in [3.8, 4) is 0 Å². The number of fused-ring (bicyclic) bond motifs is 3. The number of anilines is 1. The van der Waals surface area contributed by atoms with E-state index >= 15 is 0 Å². The molecule has 10 heteroatoms. The van der Waals surface area contributed by atoms with E-state index in [0.717, 1.165) is 12.8 Å². The lowest BCUT2D eigenvalue weighted by Crippen LogP contribution is -2.44. The third kappa shape index (κ3) is 3.70. The van der Waals surface area contributed by atoms with Crippen LogP contribution in [0.2, 0.25) is 0 Å². The van der Waals surface area contributed by atoms with Crippen LogP contribution in [0.1, 0.15) is 32.1 Å². The zero-order valence-electron chi connectivity index (χ0n) is 15.5. The summed E-state index contributed by atoms with van der Waals surface area (Å²) < 4.78 is 6.84. The minimum absolute atomic E-state index is 0.0355. The molecule has 2 fully saturated rings. The van der Waals surface area contributed by atoms with Crippen LogP contribution in [0.4, 0.5) is 5.95 Å². The van der Waals surface area contributed by atoms with Crippen molar-refractivity contribution in [1.29, 1.82) is 0 Å². The molecule has 0 radical (unpaired) electrons. The van der Waals surface area contributed by atoms with Gasteiger partial charge >= 0.3 is 17.4 Å². The molecular formula is C18H22BrN5O4. The molecular weight excluding hydrogens is 430 g/mol. The third-order valence-corrected chi connectivity index (χ3v) is 6.20. The van der Waals surface area contributed by atoms with Crippen molar-refractivity contribution in [2.24, 2.45) is 0 Å². The fourth-order valence-electron chi connectivity index (χ4n) is 4.20. The molecule has 1 aromatic carbocycles. The van der Waals surface area contributed by atoms with E-state index in [-0.39, 0.29) is 42.0 Å². The van der Waals surface area contributed by atoms with Gasteiger partial charge in [-0.1, -0.05) is 15.9 Å². The molecule has 1 aromatic heterocycles. The molecule has 2 aliphatic heterocycles. The Morgan fingerprint density at radius 2 is 2.04 bits per heavy atom. The summed E-state index contributed by atoms with van der Waals surface area (Å²) in [6.07, 6.45) is 4.15. The van der Waals surface area contributed by atoms with Gasteiger partial charge in [0, 0.05) is 27.5 Å². The number of esters is 1. The van der Waals surface area contributed by atoms with Crippen LogP contribution in [0, 0.1) is 10.4 Å². The summed E-state index contributed by atoms with van der Waals surface area (Å²) in [5.74, 6) is -0.450. The lowest BCUT2D eigenvalue weighted by molar-refractivity contribution is -0.672. The first-order chi connectivity index (χ1) is 13.4. The molecule has 0 saturated carbocycles. The number of nitrogens with zero attached hydrogens (tertiary/aromatic N) is 4. The fraction of sp³-hybridized carbons (Fsp3) is 0.556. The molecule has 2 bridgehead atoms. The topological polar surface area (TPSA) is 108 Å². The maximum absolute atomic E-state index is 12.4. The van der Waals surface area contributed by atoms with Gasteiger partial charge in [-0.15, -0.1) is 0 Å². The second kappa shape index (κ2) is 7.67. The Morgan fingerprint density at radius 1 is 1.32 bits per heavy atom. The standard InChI is InChI=1S/C18H22BrN5O4/c1-22-12-3-4-13(22)10-14(9-12)28-17(25)6-7-20-18-21-24(27)16-8-11(19)2-5-15(16)23(18)26/h2,5,8,12-14H,3-4,6-7,9-10H2,1H3,(H,20,21). The first kappa shape index (κ1) is 19.1. The molecule has 2 saturated heterocycles. The highest BCUT2D eigenvalue weighted by Crippen LogP contribution is 2.35.